The zero-order chi connectivity index (χ0) is 24.8. The highest BCUT2D eigenvalue weighted by Gasteiger charge is 2.28. The lowest BCUT2D eigenvalue weighted by molar-refractivity contribution is -0.132. The van der Waals surface area contributed by atoms with E-state index in [1.165, 1.54) is 0 Å². The molecule has 4 atom stereocenters. The van der Waals surface area contributed by atoms with E-state index >= 15 is 0 Å². The number of hydrogen-bond acceptors (Lipinski definition) is 6. The molecule has 0 aliphatic carbocycles. The highest BCUT2D eigenvalue weighted by atomic mass is 16.2. The van der Waals surface area contributed by atoms with Crippen molar-refractivity contribution in [2.75, 3.05) is 13.1 Å². The van der Waals surface area contributed by atoms with Gasteiger partial charge in [0.05, 0.1) is 12.6 Å². The predicted molar refractivity (Wildman–Crippen MR) is 123 cm³/mol. The molecule has 0 fully saturated rings. The summed E-state index contributed by atoms with van der Waals surface area (Å²) in [6.07, 6.45) is 1.78. The van der Waals surface area contributed by atoms with Gasteiger partial charge in [-0.1, -0.05) is 34.1 Å². The number of nitrogens with two attached hydrogens (primary N) is 4. The van der Waals surface area contributed by atoms with E-state index in [4.69, 9.17) is 22.9 Å². The van der Waals surface area contributed by atoms with Crippen LogP contribution in [0.5, 0.6) is 0 Å². The third kappa shape index (κ3) is 12.1. The average Bonchev–Trinajstić information content (AvgIpc) is 2.70. The molecule has 32 heavy (non-hydrogen) atoms. The average molecular weight is 457 g/mol. The lowest BCUT2D eigenvalue weighted by Gasteiger charge is -2.25. The van der Waals surface area contributed by atoms with Crippen LogP contribution < -0.4 is 38.9 Å². The van der Waals surface area contributed by atoms with Gasteiger partial charge in [-0.05, 0) is 31.1 Å². The van der Waals surface area contributed by atoms with Crippen molar-refractivity contribution in [3.05, 3.63) is 0 Å². The van der Waals surface area contributed by atoms with Crippen molar-refractivity contribution in [1.82, 2.24) is 16.0 Å². The largest absolute Gasteiger partial charge is 0.370 e. The van der Waals surface area contributed by atoms with Gasteiger partial charge in [0.25, 0.3) is 0 Å². The topological polar surface area (TPSA) is 221 Å². The van der Waals surface area contributed by atoms with Crippen LogP contribution in [0.25, 0.3) is 0 Å². The molecule has 0 aliphatic heterocycles. The minimum absolute atomic E-state index is 0.0690. The Hall–Kier alpha value is -2.89. The maximum absolute atomic E-state index is 12.6. The molecule has 0 unspecified atom stereocenters. The molecule has 0 rings (SSSR count). The first-order valence-electron chi connectivity index (χ1n) is 10.9. The van der Waals surface area contributed by atoms with Crippen LogP contribution in [0.2, 0.25) is 0 Å². The van der Waals surface area contributed by atoms with E-state index in [0.29, 0.717) is 19.3 Å². The smallest absolute Gasteiger partial charge is 0.243 e. The van der Waals surface area contributed by atoms with Gasteiger partial charge in [0.15, 0.2) is 5.96 Å². The van der Waals surface area contributed by atoms with Gasteiger partial charge in [0.1, 0.15) is 12.1 Å². The van der Waals surface area contributed by atoms with Crippen LogP contribution in [-0.4, -0.2) is 60.8 Å². The molecule has 0 radical (unpaired) electrons. The Morgan fingerprint density at radius 1 is 0.969 bits per heavy atom. The van der Waals surface area contributed by atoms with Gasteiger partial charge < -0.3 is 38.9 Å². The highest BCUT2D eigenvalue weighted by molar-refractivity contribution is 5.93. The molecule has 11 N–H and O–H groups in total. The lowest BCUT2D eigenvalue weighted by atomic mass is 9.97. The summed E-state index contributed by atoms with van der Waals surface area (Å²) < 4.78 is 0. The molecule has 0 saturated heterocycles. The number of carbonyl (C=O) groups excluding carboxylic acids is 4. The van der Waals surface area contributed by atoms with E-state index in [-0.39, 0.29) is 37.3 Å². The number of hydrogen-bond donors (Lipinski definition) is 7. The van der Waals surface area contributed by atoms with Crippen LogP contribution in [-0.2, 0) is 19.2 Å². The molecule has 12 nitrogen and oxygen atoms in total. The summed E-state index contributed by atoms with van der Waals surface area (Å²) in [6, 6.07) is -2.49. The van der Waals surface area contributed by atoms with Crippen molar-refractivity contribution in [2.24, 2.45) is 39.8 Å². The fourth-order valence-corrected chi connectivity index (χ4v) is 2.89. The Balaban J connectivity index is 4.84. The molecule has 0 heterocycles. The summed E-state index contributed by atoms with van der Waals surface area (Å²) in [6.45, 7) is 7.51. The summed E-state index contributed by atoms with van der Waals surface area (Å²) in [5, 5.41) is 7.66. The minimum atomic E-state index is -0.923. The zero-order valence-electron chi connectivity index (χ0n) is 19.5. The van der Waals surface area contributed by atoms with Gasteiger partial charge in [-0.25, -0.2) is 0 Å². The Bertz CT molecular complexity index is 664. The van der Waals surface area contributed by atoms with Crippen molar-refractivity contribution in [3.63, 3.8) is 0 Å². The third-order valence-electron chi connectivity index (χ3n) is 4.90. The predicted octanol–water partition coefficient (Wildman–Crippen LogP) is -1.97. The molecule has 0 saturated carbocycles. The van der Waals surface area contributed by atoms with Gasteiger partial charge >= 0.3 is 0 Å². The molecule has 0 aliphatic rings. The van der Waals surface area contributed by atoms with Gasteiger partial charge in [-0.15, -0.1) is 0 Å². The molecule has 4 amide bonds. The number of aliphatic imine (C=N–C) groups is 1. The maximum atomic E-state index is 12.6. The highest BCUT2D eigenvalue weighted by Crippen LogP contribution is 2.10. The summed E-state index contributed by atoms with van der Waals surface area (Å²) in [4.78, 5) is 52.6. The molecule has 184 valence electrons. The number of amides is 4. The van der Waals surface area contributed by atoms with Crippen LogP contribution in [0.3, 0.4) is 0 Å². The van der Waals surface area contributed by atoms with Crippen LogP contribution >= 0.6 is 0 Å². The molecular formula is C20H40N8O4. The molecule has 0 spiro atoms. The maximum Gasteiger partial charge on any atom is 0.243 e. The standard InChI is InChI=1S/C20H40N8O4/c1-5-12(4)16(28-18(31)13(21)9-11(2)3)19(32)26-10-15(29)27-14(17(22)30)7-6-8-25-20(23)24/h11-14,16H,5-10,21H2,1-4H3,(H2,22,30)(H,26,32)(H,27,29)(H,28,31)(H4,23,24,25)/t12-,13-,14-,16-/m0/s1. The first-order chi connectivity index (χ1) is 14.9. The van der Waals surface area contributed by atoms with Crippen LogP contribution in [0.1, 0.15) is 53.4 Å². The summed E-state index contributed by atoms with van der Waals surface area (Å²) in [5.41, 5.74) is 21.7. The van der Waals surface area contributed by atoms with Gasteiger partial charge in [-0.3, -0.25) is 24.2 Å². The lowest BCUT2D eigenvalue weighted by Crippen LogP contribution is -2.56. The molecule has 12 heteroatoms. The summed E-state index contributed by atoms with van der Waals surface area (Å²) >= 11 is 0. The van der Waals surface area contributed by atoms with Crippen molar-refractivity contribution in [3.8, 4) is 0 Å². The monoisotopic (exact) mass is 456 g/mol. The minimum Gasteiger partial charge on any atom is -0.370 e. The Morgan fingerprint density at radius 3 is 2.09 bits per heavy atom. The van der Waals surface area contributed by atoms with Crippen LogP contribution in [0.4, 0.5) is 0 Å². The Kier molecular flexibility index (Phi) is 13.6. The van der Waals surface area contributed by atoms with Gasteiger partial charge in [-0.2, -0.15) is 0 Å². The second-order valence-corrected chi connectivity index (χ2v) is 8.30. The van der Waals surface area contributed by atoms with Crippen molar-refractivity contribution < 1.29 is 19.2 Å². The van der Waals surface area contributed by atoms with Crippen LogP contribution in [0.15, 0.2) is 4.99 Å². The zero-order valence-corrected chi connectivity index (χ0v) is 19.5. The normalized spacial score (nSPS) is 14.6. The molecule has 0 aromatic rings. The number of nitrogens with zero attached hydrogens (tertiary/aromatic N) is 1. The molecular weight excluding hydrogens is 416 g/mol. The second-order valence-electron chi connectivity index (χ2n) is 8.30. The van der Waals surface area contributed by atoms with E-state index in [9.17, 15) is 19.2 Å². The summed E-state index contributed by atoms with van der Waals surface area (Å²) in [5.74, 6) is -2.25. The SMILES string of the molecule is CC[C@H](C)[C@H](NC(=O)[C@@H](N)CC(C)C)C(=O)NCC(=O)N[C@@H](CCCN=C(N)N)C(N)=O. The van der Waals surface area contributed by atoms with Gasteiger partial charge in [0, 0.05) is 6.54 Å². The first kappa shape index (κ1) is 29.1. The van der Waals surface area contributed by atoms with E-state index in [1.807, 2.05) is 27.7 Å². The third-order valence-corrected chi connectivity index (χ3v) is 4.90. The van der Waals surface area contributed by atoms with E-state index in [2.05, 4.69) is 20.9 Å². The van der Waals surface area contributed by atoms with Gasteiger partial charge in [0.2, 0.25) is 23.6 Å². The number of guanidine groups is 1. The molecule has 0 bridgehead atoms. The Labute approximate surface area is 189 Å². The van der Waals surface area contributed by atoms with Crippen molar-refractivity contribution in [2.45, 2.75) is 71.5 Å². The first-order valence-corrected chi connectivity index (χ1v) is 10.9. The summed E-state index contributed by atoms with van der Waals surface area (Å²) in [7, 11) is 0. The van der Waals surface area contributed by atoms with E-state index in [0.717, 1.165) is 0 Å². The fraction of sp³-hybridized carbons (Fsp3) is 0.750. The van der Waals surface area contributed by atoms with Crippen LogP contribution in [0, 0.1) is 11.8 Å². The number of primary amides is 1. The Morgan fingerprint density at radius 2 is 1.59 bits per heavy atom. The quantitative estimate of drug-likeness (QED) is 0.0835. The van der Waals surface area contributed by atoms with Crippen molar-refractivity contribution >= 4 is 29.6 Å². The molecule has 0 aromatic carbocycles. The van der Waals surface area contributed by atoms with E-state index < -0.39 is 41.8 Å². The number of rotatable bonds is 15. The second kappa shape index (κ2) is 15.0. The molecule has 0 aromatic heterocycles. The van der Waals surface area contributed by atoms with Crippen molar-refractivity contribution in [1.29, 1.82) is 0 Å². The van der Waals surface area contributed by atoms with E-state index in [1.54, 1.807) is 0 Å². The number of carbonyl (C=O) groups is 4. The number of nitrogens with one attached hydrogen (secondary N) is 3. The fourth-order valence-electron chi connectivity index (χ4n) is 2.89.